The van der Waals surface area contributed by atoms with Crippen molar-refractivity contribution in [3.05, 3.63) is 54.1 Å². The third kappa shape index (κ3) is 9.50. The van der Waals surface area contributed by atoms with Gasteiger partial charge in [0.25, 0.3) is 0 Å². The summed E-state index contributed by atoms with van der Waals surface area (Å²) >= 11 is 3.43. The quantitative estimate of drug-likeness (QED) is 0.163. The normalized spacial score (nSPS) is 11.2. The average molecular weight is 445 g/mol. The van der Waals surface area contributed by atoms with Crippen molar-refractivity contribution in [2.75, 3.05) is 11.9 Å². The van der Waals surface area contributed by atoms with Crippen LogP contribution in [0.25, 0.3) is 0 Å². The van der Waals surface area contributed by atoms with Crippen LogP contribution in [-0.4, -0.2) is 11.9 Å². The number of unbranched alkanes of at least 4 members (excludes halogenated alkanes) is 6. The van der Waals surface area contributed by atoms with Crippen LogP contribution in [0.15, 0.2) is 58.8 Å². The highest BCUT2D eigenvalue weighted by atomic mass is 79.9. The Hall–Kier alpha value is -1.68. The van der Waals surface area contributed by atoms with Crippen LogP contribution in [0.3, 0.4) is 0 Å². The molecule has 2 rings (SSSR count). The minimum Gasteiger partial charge on any atom is -0.494 e. The molecule has 0 spiro atoms. The third-order valence-electron chi connectivity index (χ3n) is 4.67. The Morgan fingerprint density at radius 3 is 1.96 bits per heavy atom. The van der Waals surface area contributed by atoms with E-state index in [2.05, 4.69) is 57.3 Å². The summed E-state index contributed by atoms with van der Waals surface area (Å²) in [5, 5.41) is 9.69. The summed E-state index contributed by atoms with van der Waals surface area (Å²) in [7, 11) is 0. The Morgan fingerprint density at radius 1 is 0.714 bits per heavy atom. The van der Waals surface area contributed by atoms with Crippen molar-refractivity contribution in [3.63, 3.8) is 0 Å². The molecule has 0 aliphatic heterocycles. The summed E-state index contributed by atoms with van der Waals surface area (Å²) in [5.41, 5.74) is 3.11. The standard InChI is InChI=1S/C24H33BrN2O/c1-2-3-4-5-6-7-10-21-11-13-22(14-12-21)26-27-23-15-17-24(18-16-23)28-20-9-8-19-25/h11-18H,2-10,19-20H2,1H3. The van der Waals surface area contributed by atoms with Gasteiger partial charge >= 0.3 is 0 Å². The fraction of sp³-hybridized carbons (Fsp3) is 0.500. The molecule has 0 N–H and O–H groups in total. The van der Waals surface area contributed by atoms with E-state index in [1.165, 1.54) is 44.1 Å². The van der Waals surface area contributed by atoms with E-state index in [9.17, 15) is 0 Å². The number of nitrogens with zero attached hydrogens (tertiary/aromatic N) is 2. The molecular weight excluding hydrogens is 412 g/mol. The highest BCUT2D eigenvalue weighted by Crippen LogP contribution is 2.22. The Bertz CT molecular complexity index is 668. The van der Waals surface area contributed by atoms with Gasteiger partial charge in [-0.2, -0.15) is 10.2 Å². The first-order valence-electron chi connectivity index (χ1n) is 10.6. The first-order valence-corrected chi connectivity index (χ1v) is 11.7. The van der Waals surface area contributed by atoms with Crippen molar-refractivity contribution in [1.29, 1.82) is 0 Å². The summed E-state index contributed by atoms with van der Waals surface area (Å²) in [6, 6.07) is 16.2. The number of hydrogen-bond acceptors (Lipinski definition) is 3. The Morgan fingerprint density at radius 2 is 1.32 bits per heavy atom. The molecule has 0 atom stereocenters. The molecule has 2 aromatic rings. The summed E-state index contributed by atoms with van der Waals surface area (Å²) in [6.07, 6.45) is 11.4. The average Bonchev–Trinajstić information content (AvgIpc) is 2.74. The van der Waals surface area contributed by atoms with Crippen LogP contribution in [0.5, 0.6) is 5.75 Å². The largest absolute Gasteiger partial charge is 0.494 e. The summed E-state index contributed by atoms with van der Waals surface area (Å²) in [4.78, 5) is 0. The second-order valence-electron chi connectivity index (χ2n) is 7.12. The van der Waals surface area contributed by atoms with E-state index in [1.54, 1.807) is 0 Å². The minimum absolute atomic E-state index is 0.748. The zero-order valence-corrected chi connectivity index (χ0v) is 18.7. The zero-order chi connectivity index (χ0) is 19.9. The molecule has 0 saturated carbocycles. The predicted molar refractivity (Wildman–Crippen MR) is 123 cm³/mol. The van der Waals surface area contributed by atoms with Crippen LogP contribution in [0.4, 0.5) is 11.4 Å². The third-order valence-corrected chi connectivity index (χ3v) is 5.23. The second-order valence-corrected chi connectivity index (χ2v) is 7.92. The lowest BCUT2D eigenvalue weighted by Crippen LogP contribution is -1.96. The number of alkyl halides is 1. The van der Waals surface area contributed by atoms with Gasteiger partial charge in [-0.15, -0.1) is 0 Å². The Balaban J connectivity index is 1.73. The lowest BCUT2D eigenvalue weighted by atomic mass is 10.0. The fourth-order valence-electron chi connectivity index (χ4n) is 2.95. The van der Waals surface area contributed by atoms with Crippen LogP contribution in [0.2, 0.25) is 0 Å². The van der Waals surface area contributed by atoms with Gasteiger partial charge in [0.1, 0.15) is 5.75 Å². The van der Waals surface area contributed by atoms with Crippen molar-refractivity contribution < 1.29 is 4.74 Å². The minimum atomic E-state index is 0.748. The summed E-state index contributed by atoms with van der Waals surface area (Å²) in [5.74, 6) is 0.882. The van der Waals surface area contributed by atoms with Crippen molar-refractivity contribution in [2.24, 2.45) is 10.2 Å². The molecule has 0 aliphatic carbocycles. The molecule has 152 valence electrons. The molecule has 4 heteroatoms. The molecule has 3 nitrogen and oxygen atoms in total. The van der Waals surface area contributed by atoms with E-state index in [-0.39, 0.29) is 0 Å². The van der Waals surface area contributed by atoms with Gasteiger partial charge in [0, 0.05) is 5.33 Å². The SMILES string of the molecule is CCCCCCCCc1ccc(N=Nc2ccc(OCCCCBr)cc2)cc1. The summed E-state index contributed by atoms with van der Waals surface area (Å²) < 4.78 is 5.71. The zero-order valence-electron chi connectivity index (χ0n) is 17.1. The lowest BCUT2D eigenvalue weighted by molar-refractivity contribution is 0.310. The molecule has 0 aromatic heterocycles. The van der Waals surface area contributed by atoms with Crippen LogP contribution in [-0.2, 0) is 6.42 Å². The van der Waals surface area contributed by atoms with Gasteiger partial charge in [0.15, 0.2) is 0 Å². The van der Waals surface area contributed by atoms with Gasteiger partial charge < -0.3 is 4.74 Å². The van der Waals surface area contributed by atoms with E-state index in [1.807, 2.05) is 24.3 Å². The van der Waals surface area contributed by atoms with Crippen LogP contribution in [0.1, 0.15) is 63.9 Å². The molecule has 0 amide bonds. The van der Waals surface area contributed by atoms with Gasteiger partial charge in [0.05, 0.1) is 18.0 Å². The van der Waals surface area contributed by atoms with E-state index < -0.39 is 0 Å². The van der Waals surface area contributed by atoms with E-state index in [4.69, 9.17) is 4.74 Å². The fourth-order valence-corrected chi connectivity index (χ4v) is 3.35. The molecule has 0 radical (unpaired) electrons. The van der Waals surface area contributed by atoms with E-state index in [0.717, 1.165) is 48.3 Å². The molecule has 0 heterocycles. The van der Waals surface area contributed by atoms with Gasteiger partial charge in [0.2, 0.25) is 0 Å². The maximum absolute atomic E-state index is 5.71. The summed E-state index contributed by atoms with van der Waals surface area (Å²) in [6.45, 7) is 3.01. The molecule has 2 aromatic carbocycles. The molecule has 0 unspecified atom stereocenters. The number of hydrogen-bond donors (Lipinski definition) is 0. The molecule has 0 aliphatic rings. The molecule has 0 fully saturated rings. The van der Waals surface area contributed by atoms with E-state index in [0.29, 0.717) is 0 Å². The monoisotopic (exact) mass is 444 g/mol. The number of aryl methyl sites for hydroxylation is 1. The first-order chi connectivity index (χ1) is 13.8. The maximum atomic E-state index is 5.71. The van der Waals surface area contributed by atoms with Crippen molar-refractivity contribution in [1.82, 2.24) is 0 Å². The maximum Gasteiger partial charge on any atom is 0.119 e. The van der Waals surface area contributed by atoms with Gasteiger partial charge in [-0.1, -0.05) is 67.1 Å². The predicted octanol–water partition coefficient (Wildman–Crippen LogP) is 8.56. The topological polar surface area (TPSA) is 34.0 Å². The number of ether oxygens (including phenoxy) is 1. The van der Waals surface area contributed by atoms with Crippen molar-refractivity contribution >= 4 is 27.3 Å². The van der Waals surface area contributed by atoms with Gasteiger partial charge in [-0.3, -0.25) is 0 Å². The highest BCUT2D eigenvalue weighted by Gasteiger charge is 1.97. The van der Waals surface area contributed by atoms with Crippen LogP contribution in [0, 0.1) is 0 Å². The first kappa shape index (κ1) is 22.6. The van der Waals surface area contributed by atoms with Crippen LogP contribution < -0.4 is 4.74 Å². The second kappa shape index (κ2) is 14.3. The van der Waals surface area contributed by atoms with Crippen LogP contribution >= 0.6 is 15.9 Å². The number of rotatable bonds is 14. The smallest absolute Gasteiger partial charge is 0.119 e. The van der Waals surface area contributed by atoms with Gasteiger partial charge in [-0.05, 0) is 67.6 Å². The molecule has 0 saturated heterocycles. The highest BCUT2D eigenvalue weighted by molar-refractivity contribution is 9.09. The number of benzene rings is 2. The molecule has 0 bridgehead atoms. The number of halogens is 1. The lowest BCUT2D eigenvalue weighted by Gasteiger charge is -2.05. The Kier molecular flexibility index (Phi) is 11.6. The van der Waals surface area contributed by atoms with E-state index >= 15 is 0 Å². The van der Waals surface area contributed by atoms with Crippen molar-refractivity contribution in [3.8, 4) is 5.75 Å². The van der Waals surface area contributed by atoms with Crippen molar-refractivity contribution in [2.45, 2.75) is 64.7 Å². The Labute approximate surface area is 178 Å². The molecular formula is C24H33BrN2O. The van der Waals surface area contributed by atoms with Gasteiger partial charge in [-0.25, -0.2) is 0 Å². The number of azo groups is 1. The molecule has 28 heavy (non-hydrogen) atoms.